The smallest absolute Gasteiger partial charge is 0.248 e. The van der Waals surface area contributed by atoms with Gasteiger partial charge < -0.3 is 10.1 Å². The monoisotopic (exact) mass is 380 g/mol. The number of anilines is 2. The third-order valence-electron chi connectivity index (χ3n) is 3.75. The molecule has 1 amide bonds. The first-order valence-corrected chi connectivity index (χ1v) is 9.81. The average molecular weight is 380 g/mol. The van der Waals surface area contributed by atoms with E-state index in [0.717, 1.165) is 22.7 Å². The number of halogens is 1. The van der Waals surface area contributed by atoms with Crippen molar-refractivity contribution in [2.45, 2.75) is 19.4 Å². The number of hydrogen-bond acceptors (Lipinski definition) is 4. The molecule has 26 heavy (non-hydrogen) atoms. The largest absolute Gasteiger partial charge is 0.497 e. The van der Waals surface area contributed by atoms with Crippen molar-refractivity contribution in [2.75, 3.05) is 23.0 Å². The van der Waals surface area contributed by atoms with Crippen LogP contribution in [0.5, 0.6) is 5.75 Å². The van der Waals surface area contributed by atoms with E-state index >= 15 is 0 Å². The van der Waals surface area contributed by atoms with Gasteiger partial charge in [0.2, 0.25) is 15.9 Å². The summed E-state index contributed by atoms with van der Waals surface area (Å²) in [6.45, 7) is 1.71. The maximum absolute atomic E-state index is 13.2. The lowest BCUT2D eigenvalue weighted by Gasteiger charge is -2.30. The second kappa shape index (κ2) is 8.18. The summed E-state index contributed by atoms with van der Waals surface area (Å²) in [6, 6.07) is 10.7. The second-order valence-corrected chi connectivity index (χ2v) is 7.54. The van der Waals surface area contributed by atoms with E-state index in [1.165, 1.54) is 19.2 Å². The molecular formula is C18H21FN2O4S. The van der Waals surface area contributed by atoms with Gasteiger partial charge in [-0.2, -0.15) is 0 Å². The molecule has 0 spiro atoms. The second-order valence-electron chi connectivity index (χ2n) is 5.68. The van der Waals surface area contributed by atoms with E-state index in [-0.39, 0.29) is 12.1 Å². The molecule has 140 valence electrons. The van der Waals surface area contributed by atoms with E-state index in [1.54, 1.807) is 31.2 Å². The summed E-state index contributed by atoms with van der Waals surface area (Å²) < 4.78 is 43.9. The molecule has 1 N–H and O–H groups in total. The fourth-order valence-corrected chi connectivity index (χ4v) is 3.79. The minimum Gasteiger partial charge on any atom is -0.497 e. The van der Waals surface area contributed by atoms with E-state index < -0.39 is 27.8 Å². The highest BCUT2D eigenvalue weighted by atomic mass is 32.2. The number of rotatable bonds is 7. The van der Waals surface area contributed by atoms with Crippen molar-refractivity contribution in [3.8, 4) is 5.75 Å². The Morgan fingerprint density at radius 2 is 1.88 bits per heavy atom. The quantitative estimate of drug-likeness (QED) is 0.801. The van der Waals surface area contributed by atoms with Crippen LogP contribution in [-0.2, 0) is 14.8 Å². The summed E-state index contributed by atoms with van der Waals surface area (Å²) in [5.41, 5.74) is 0.710. The number of hydrogen-bond donors (Lipinski definition) is 1. The van der Waals surface area contributed by atoms with Crippen LogP contribution in [0, 0.1) is 5.82 Å². The molecule has 0 bridgehead atoms. The van der Waals surface area contributed by atoms with Crippen molar-refractivity contribution >= 4 is 27.3 Å². The molecule has 0 saturated heterocycles. The molecule has 0 heterocycles. The van der Waals surface area contributed by atoms with Gasteiger partial charge in [0.25, 0.3) is 0 Å². The summed E-state index contributed by atoms with van der Waals surface area (Å²) in [5, 5.41) is 2.70. The van der Waals surface area contributed by atoms with E-state index in [2.05, 4.69) is 5.32 Å². The highest BCUT2D eigenvalue weighted by molar-refractivity contribution is 7.92. The molecule has 0 saturated carbocycles. The zero-order valence-electron chi connectivity index (χ0n) is 14.8. The summed E-state index contributed by atoms with van der Waals surface area (Å²) in [5.74, 6) is -0.416. The summed E-state index contributed by atoms with van der Waals surface area (Å²) in [6.07, 6.45) is 1.25. The number of sulfonamides is 1. The van der Waals surface area contributed by atoms with E-state index in [4.69, 9.17) is 4.74 Å². The van der Waals surface area contributed by atoms with Gasteiger partial charge in [-0.15, -0.1) is 0 Å². The van der Waals surface area contributed by atoms with Crippen LogP contribution in [0.3, 0.4) is 0 Å². The normalized spacial score (nSPS) is 12.3. The van der Waals surface area contributed by atoms with Crippen molar-refractivity contribution in [1.29, 1.82) is 0 Å². The van der Waals surface area contributed by atoms with Crippen molar-refractivity contribution in [2.24, 2.45) is 0 Å². The maximum atomic E-state index is 13.2. The number of nitrogens with one attached hydrogen (secondary N) is 1. The SMILES string of the molecule is CC[C@H](C(=O)Nc1cccc(OC)c1)N(c1ccc(F)cc1)S(C)(=O)=O. The van der Waals surface area contributed by atoms with Crippen LogP contribution in [-0.4, -0.2) is 33.7 Å². The number of carbonyl (C=O) groups excluding carboxylic acids is 1. The summed E-state index contributed by atoms with van der Waals surface area (Å²) >= 11 is 0. The van der Waals surface area contributed by atoms with Gasteiger partial charge >= 0.3 is 0 Å². The Kier molecular flexibility index (Phi) is 6.20. The highest BCUT2D eigenvalue weighted by Gasteiger charge is 2.31. The van der Waals surface area contributed by atoms with Crippen molar-refractivity contribution in [3.05, 3.63) is 54.3 Å². The predicted octanol–water partition coefficient (Wildman–Crippen LogP) is 3.02. The lowest BCUT2D eigenvalue weighted by atomic mass is 10.1. The standard InChI is InChI=1S/C18H21FN2O4S/c1-4-17(18(22)20-14-6-5-7-16(12-14)25-2)21(26(3,23)24)15-10-8-13(19)9-11-15/h5-12,17H,4H2,1-3H3,(H,20,22)/t17-/m1/s1. The molecule has 0 radical (unpaired) electrons. The molecule has 8 heteroatoms. The Morgan fingerprint density at radius 1 is 1.23 bits per heavy atom. The number of ether oxygens (including phenoxy) is 1. The van der Waals surface area contributed by atoms with Crippen LogP contribution in [0.25, 0.3) is 0 Å². The first kappa shape index (κ1) is 19.7. The average Bonchev–Trinajstić information content (AvgIpc) is 2.59. The molecule has 2 aromatic rings. The van der Waals surface area contributed by atoms with Crippen molar-refractivity contribution in [3.63, 3.8) is 0 Å². The Balaban J connectivity index is 2.34. The van der Waals surface area contributed by atoms with Crippen LogP contribution < -0.4 is 14.4 Å². The number of carbonyl (C=O) groups is 1. The van der Waals surface area contributed by atoms with Crippen LogP contribution in [0.15, 0.2) is 48.5 Å². The molecule has 0 fully saturated rings. The van der Waals surface area contributed by atoms with Gasteiger partial charge in [0.1, 0.15) is 17.6 Å². The number of methoxy groups -OCH3 is 1. The first-order valence-electron chi connectivity index (χ1n) is 7.96. The van der Waals surface area contributed by atoms with Crippen LogP contribution >= 0.6 is 0 Å². The Labute approximate surface area is 152 Å². The van der Waals surface area contributed by atoms with Gasteiger partial charge in [0.05, 0.1) is 19.1 Å². The molecule has 6 nitrogen and oxygen atoms in total. The lowest BCUT2D eigenvalue weighted by molar-refractivity contribution is -0.117. The zero-order chi connectivity index (χ0) is 19.3. The number of benzene rings is 2. The van der Waals surface area contributed by atoms with Gasteiger partial charge in [0.15, 0.2) is 0 Å². The van der Waals surface area contributed by atoms with Gasteiger partial charge in [-0.3, -0.25) is 9.10 Å². The third kappa shape index (κ3) is 4.72. The topological polar surface area (TPSA) is 75.7 Å². The minimum atomic E-state index is -3.77. The molecular weight excluding hydrogens is 359 g/mol. The fraction of sp³-hybridized carbons (Fsp3) is 0.278. The molecule has 1 atom stereocenters. The molecule has 2 rings (SSSR count). The van der Waals surface area contributed by atoms with Gasteiger partial charge in [-0.05, 0) is 42.8 Å². The molecule has 0 aliphatic carbocycles. The van der Waals surface area contributed by atoms with Crippen LogP contribution in [0.4, 0.5) is 15.8 Å². The van der Waals surface area contributed by atoms with E-state index in [9.17, 15) is 17.6 Å². The molecule has 0 aliphatic rings. The Hall–Kier alpha value is -2.61. The van der Waals surface area contributed by atoms with Gasteiger partial charge in [-0.1, -0.05) is 13.0 Å². The maximum Gasteiger partial charge on any atom is 0.248 e. The summed E-state index contributed by atoms with van der Waals surface area (Å²) in [7, 11) is -2.26. The molecule has 0 unspecified atom stereocenters. The lowest BCUT2D eigenvalue weighted by Crippen LogP contribution is -2.47. The third-order valence-corrected chi connectivity index (χ3v) is 4.93. The predicted molar refractivity (Wildman–Crippen MR) is 99.4 cm³/mol. The Bertz CT molecular complexity index is 869. The van der Waals surface area contributed by atoms with Crippen LogP contribution in [0.2, 0.25) is 0 Å². The number of amides is 1. The van der Waals surface area contributed by atoms with Gasteiger partial charge in [0, 0.05) is 11.8 Å². The highest BCUT2D eigenvalue weighted by Crippen LogP contribution is 2.24. The fourth-order valence-electron chi connectivity index (χ4n) is 2.57. The minimum absolute atomic E-state index is 0.224. The van der Waals surface area contributed by atoms with E-state index in [0.29, 0.717) is 11.4 Å². The molecule has 2 aromatic carbocycles. The summed E-state index contributed by atoms with van der Waals surface area (Å²) in [4.78, 5) is 12.7. The van der Waals surface area contributed by atoms with Crippen molar-refractivity contribution < 1.29 is 22.3 Å². The molecule has 0 aliphatic heterocycles. The van der Waals surface area contributed by atoms with E-state index in [1.807, 2.05) is 0 Å². The van der Waals surface area contributed by atoms with Crippen LogP contribution in [0.1, 0.15) is 13.3 Å². The van der Waals surface area contributed by atoms with Crippen molar-refractivity contribution in [1.82, 2.24) is 0 Å². The number of nitrogens with zero attached hydrogens (tertiary/aromatic N) is 1. The van der Waals surface area contributed by atoms with Gasteiger partial charge in [-0.25, -0.2) is 12.8 Å². The Morgan fingerprint density at radius 3 is 2.42 bits per heavy atom. The zero-order valence-corrected chi connectivity index (χ0v) is 15.6. The molecule has 0 aromatic heterocycles. The first-order chi connectivity index (χ1) is 12.3.